The Morgan fingerprint density at radius 2 is 2.67 bits per heavy atom. The number of hydrogen-bond donors (Lipinski definition) is 0. The van der Waals surface area contributed by atoms with Crippen molar-refractivity contribution in [3.63, 3.8) is 0 Å². The lowest BCUT2D eigenvalue weighted by atomic mass is 10.5. The summed E-state index contributed by atoms with van der Waals surface area (Å²) in [5.74, 6) is 0. The van der Waals surface area contributed by atoms with E-state index in [0.29, 0.717) is 0 Å². The first-order valence-electron chi connectivity index (χ1n) is 2.92. The Bertz CT molecular complexity index is 200. The summed E-state index contributed by atoms with van der Waals surface area (Å²) in [5.41, 5.74) is 1.18. The van der Waals surface area contributed by atoms with Crippen molar-refractivity contribution in [1.82, 2.24) is 9.55 Å². The second-order valence-electron chi connectivity index (χ2n) is 1.98. The number of allylic oxidation sites excluding steroid dienone is 1. The largest absolute Gasteiger partial charge is 0.331 e. The van der Waals surface area contributed by atoms with Crippen LogP contribution in [0.2, 0.25) is 0 Å². The predicted octanol–water partition coefficient (Wildman–Crippen LogP) is 1.38. The van der Waals surface area contributed by atoms with Crippen LogP contribution in [0, 0.1) is 6.92 Å². The maximum atomic E-state index is 3.96. The van der Waals surface area contributed by atoms with Gasteiger partial charge in [0.25, 0.3) is 0 Å². The smallest absolute Gasteiger partial charge is 0.0951 e. The molecule has 0 aromatic carbocycles. The summed E-state index contributed by atoms with van der Waals surface area (Å²) in [5, 5.41) is 0. The Morgan fingerprint density at radius 3 is 3.11 bits per heavy atom. The van der Waals surface area contributed by atoms with E-state index in [0.717, 1.165) is 6.54 Å². The third kappa shape index (κ3) is 1.19. The normalized spacial score (nSPS) is 9.44. The SMILES string of the molecule is C=CCn1cncc1C. The van der Waals surface area contributed by atoms with E-state index in [1.807, 2.05) is 23.8 Å². The van der Waals surface area contributed by atoms with Crippen LogP contribution in [-0.4, -0.2) is 9.55 Å². The highest BCUT2D eigenvalue weighted by Crippen LogP contribution is 1.94. The van der Waals surface area contributed by atoms with E-state index in [1.54, 1.807) is 6.33 Å². The van der Waals surface area contributed by atoms with Crippen molar-refractivity contribution in [3.05, 3.63) is 30.9 Å². The van der Waals surface area contributed by atoms with Gasteiger partial charge in [-0.2, -0.15) is 0 Å². The van der Waals surface area contributed by atoms with Crippen molar-refractivity contribution in [1.29, 1.82) is 0 Å². The third-order valence-corrected chi connectivity index (χ3v) is 1.25. The Hall–Kier alpha value is -1.05. The number of hydrogen-bond acceptors (Lipinski definition) is 1. The lowest BCUT2D eigenvalue weighted by Crippen LogP contribution is -1.93. The lowest BCUT2D eigenvalue weighted by Gasteiger charge is -1.96. The molecule has 0 aliphatic heterocycles. The monoisotopic (exact) mass is 122 g/mol. The summed E-state index contributed by atoms with van der Waals surface area (Å²) in [6.07, 6.45) is 5.50. The van der Waals surface area contributed by atoms with Gasteiger partial charge in [0.15, 0.2) is 0 Å². The molecule has 0 bridgehead atoms. The Kier molecular flexibility index (Phi) is 1.68. The van der Waals surface area contributed by atoms with Crippen molar-refractivity contribution in [2.24, 2.45) is 0 Å². The molecule has 48 valence electrons. The first kappa shape index (κ1) is 6.08. The molecule has 0 amide bonds. The molecule has 1 rings (SSSR count). The molecule has 1 aromatic rings. The molecule has 1 heterocycles. The molecule has 0 saturated heterocycles. The summed E-state index contributed by atoms with van der Waals surface area (Å²) >= 11 is 0. The van der Waals surface area contributed by atoms with Crippen LogP contribution in [-0.2, 0) is 6.54 Å². The van der Waals surface area contributed by atoms with Gasteiger partial charge in [-0.15, -0.1) is 6.58 Å². The van der Waals surface area contributed by atoms with Gasteiger partial charge < -0.3 is 4.57 Å². The fourth-order valence-corrected chi connectivity index (χ4v) is 0.717. The summed E-state index contributed by atoms with van der Waals surface area (Å²) in [7, 11) is 0. The van der Waals surface area contributed by atoms with Crippen molar-refractivity contribution in [2.75, 3.05) is 0 Å². The summed E-state index contributed by atoms with van der Waals surface area (Å²) < 4.78 is 2.03. The number of rotatable bonds is 2. The van der Waals surface area contributed by atoms with Gasteiger partial charge in [-0.1, -0.05) is 6.08 Å². The summed E-state index contributed by atoms with van der Waals surface area (Å²) in [6, 6.07) is 0. The molecule has 0 radical (unpaired) electrons. The van der Waals surface area contributed by atoms with Crippen molar-refractivity contribution < 1.29 is 0 Å². The zero-order valence-corrected chi connectivity index (χ0v) is 5.54. The van der Waals surface area contributed by atoms with Gasteiger partial charge in [0.05, 0.1) is 6.33 Å². The van der Waals surface area contributed by atoms with Gasteiger partial charge in [0.1, 0.15) is 0 Å². The predicted molar refractivity (Wildman–Crippen MR) is 37.2 cm³/mol. The molecule has 0 aliphatic rings. The van der Waals surface area contributed by atoms with Crippen LogP contribution in [0.1, 0.15) is 5.69 Å². The van der Waals surface area contributed by atoms with Crippen LogP contribution in [0.3, 0.4) is 0 Å². The van der Waals surface area contributed by atoms with E-state index in [1.165, 1.54) is 5.69 Å². The van der Waals surface area contributed by atoms with Crippen LogP contribution in [0.15, 0.2) is 25.2 Å². The van der Waals surface area contributed by atoms with E-state index in [9.17, 15) is 0 Å². The second kappa shape index (κ2) is 2.49. The van der Waals surface area contributed by atoms with Crippen molar-refractivity contribution >= 4 is 0 Å². The van der Waals surface area contributed by atoms with Gasteiger partial charge in [0.2, 0.25) is 0 Å². The van der Waals surface area contributed by atoms with E-state index >= 15 is 0 Å². The van der Waals surface area contributed by atoms with Gasteiger partial charge in [0, 0.05) is 18.4 Å². The molecular formula is C7H10N2. The number of nitrogens with zero attached hydrogens (tertiary/aromatic N) is 2. The lowest BCUT2D eigenvalue weighted by molar-refractivity contribution is 0.792. The minimum Gasteiger partial charge on any atom is -0.331 e. The first-order chi connectivity index (χ1) is 4.34. The average molecular weight is 122 g/mol. The zero-order chi connectivity index (χ0) is 6.69. The molecule has 0 saturated carbocycles. The fraction of sp³-hybridized carbons (Fsp3) is 0.286. The standard InChI is InChI=1S/C7H10N2/c1-3-4-9-6-8-5-7(9)2/h3,5-6H,1,4H2,2H3. The topological polar surface area (TPSA) is 17.8 Å². The van der Waals surface area contributed by atoms with E-state index in [-0.39, 0.29) is 0 Å². The quantitative estimate of drug-likeness (QED) is 0.542. The van der Waals surface area contributed by atoms with Crippen molar-refractivity contribution in [3.8, 4) is 0 Å². The molecule has 0 spiro atoms. The summed E-state index contributed by atoms with van der Waals surface area (Å²) in [4.78, 5) is 3.96. The van der Waals surface area contributed by atoms with E-state index in [4.69, 9.17) is 0 Å². The molecule has 1 aromatic heterocycles. The molecule has 0 atom stereocenters. The maximum Gasteiger partial charge on any atom is 0.0951 e. The average Bonchev–Trinajstić information content (AvgIpc) is 2.18. The van der Waals surface area contributed by atoms with Crippen LogP contribution >= 0.6 is 0 Å². The van der Waals surface area contributed by atoms with E-state index in [2.05, 4.69) is 11.6 Å². The van der Waals surface area contributed by atoms with Gasteiger partial charge in [-0.3, -0.25) is 0 Å². The minimum absolute atomic E-state index is 0.853. The Morgan fingerprint density at radius 1 is 1.89 bits per heavy atom. The highest BCUT2D eigenvalue weighted by molar-refractivity contribution is 4.95. The second-order valence-corrected chi connectivity index (χ2v) is 1.98. The number of aromatic nitrogens is 2. The maximum absolute atomic E-state index is 3.96. The molecule has 0 fully saturated rings. The van der Waals surface area contributed by atoms with E-state index < -0.39 is 0 Å². The van der Waals surface area contributed by atoms with Crippen molar-refractivity contribution in [2.45, 2.75) is 13.5 Å². The molecular weight excluding hydrogens is 112 g/mol. The third-order valence-electron chi connectivity index (χ3n) is 1.25. The minimum atomic E-state index is 0.853. The number of aryl methyl sites for hydroxylation is 1. The first-order valence-corrected chi connectivity index (χ1v) is 2.92. The van der Waals surface area contributed by atoms with Gasteiger partial charge >= 0.3 is 0 Å². The summed E-state index contributed by atoms with van der Waals surface area (Å²) in [6.45, 7) is 6.51. The molecule has 2 heteroatoms. The van der Waals surface area contributed by atoms with Crippen LogP contribution in [0.25, 0.3) is 0 Å². The molecule has 0 aliphatic carbocycles. The van der Waals surface area contributed by atoms with Crippen LogP contribution in [0.4, 0.5) is 0 Å². The Balaban J connectivity index is 2.80. The highest BCUT2D eigenvalue weighted by atomic mass is 15.0. The zero-order valence-electron chi connectivity index (χ0n) is 5.54. The Labute approximate surface area is 54.8 Å². The molecule has 2 nitrogen and oxygen atoms in total. The fourth-order valence-electron chi connectivity index (χ4n) is 0.717. The highest BCUT2D eigenvalue weighted by Gasteiger charge is 1.89. The van der Waals surface area contributed by atoms with Crippen LogP contribution < -0.4 is 0 Å². The molecule has 0 N–H and O–H groups in total. The van der Waals surface area contributed by atoms with Gasteiger partial charge in [-0.05, 0) is 6.92 Å². The molecule has 9 heavy (non-hydrogen) atoms. The van der Waals surface area contributed by atoms with Gasteiger partial charge in [-0.25, -0.2) is 4.98 Å². The molecule has 0 unspecified atom stereocenters. The number of imidazole rings is 1. The van der Waals surface area contributed by atoms with Crippen LogP contribution in [0.5, 0.6) is 0 Å².